The molecule has 0 saturated carbocycles. The minimum atomic E-state index is -5.13. The highest BCUT2D eigenvalue weighted by Gasteiger charge is 2.31. The molecule has 0 aromatic carbocycles. The lowest BCUT2D eigenvalue weighted by Gasteiger charge is -2.11. The molecule has 0 aromatic rings. The third-order valence-corrected chi connectivity index (χ3v) is 3.85. The van der Waals surface area contributed by atoms with Crippen LogP contribution < -0.4 is 0 Å². The molecule has 0 bridgehead atoms. The van der Waals surface area contributed by atoms with E-state index in [0.717, 1.165) is 0 Å². The maximum Gasteiger partial charge on any atom is 0.481 e. The summed E-state index contributed by atoms with van der Waals surface area (Å²) in [6, 6.07) is 0. The molecule has 4 N–H and O–H groups in total. The molecule has 0 saturated heterocycles. The molecule has 0 spiro atoms. The average Bonchev–Trinajstić information content (AvgIpc) is 2.10. The summed E-state index contributed by atoms with van der Waals surface area (Å²) < 4.78 is 43.5. The first-order valence-corrected chi connectivity index (χ1v) is 8.56. The molecule has 13 heteroatoms. The molecule has 0 fully saturated rings. The van der Waals surface area contributed by atoms with Crippen molar-refractivity contribution in [2.45, 2.75) is 6.92 Å². The minimum Gasteiger partial charge on any atom is -0.326 e. The van der Waals surface area contributed by atoms with Gasteiger partial charge in [-0.15, -0.1) is 0 Å². The van der Waals surface area contributed by atoms with E-state index in [4.69, 9.17) is 19.6 Å². The van der Waals surface area contributed by atoms with Crippen LogP contribution in [0.4, 0.5) is 0 Å². The van der Waals surface area contributed by atoms with E-state index in [1.54, 1.807) is 0 Å². The van der Waals surface area contributed by atoms with Crippen molar-refractivity contribution in [2.24, 2.45) is 0 Å². The molecule has 0 heterocycles. The smallest absolute Gasteiger partial charge is 0.326 e. The predicted octanol–water partition coefficient (Wildman–Crippen LogP) is 0.558. The molecule has 0 aliphatic rings. The number of phosphoric ester groups is 1. The Balaban J connectivity index is 4.17. The molecule has 0 rings (SSSR count). The van der Waals surface area contributed by atoms with Crippen LogP contribution in [-0.4, -0.2) is 32.8 Å². The number of rotatable bonds is 8. The van der Waals surface area contributed by atoms with Crippen molar-refractivity contribution in [3.8, 4) is 0 Å². The van der Waals surface area contributed by atoms with Crippen molar-refractivity contribution in [1.82, 2.24) is 0 Å². The van der Waals surface area contributed by atoms with Crippen molar-refractivity contribution in [3.63, 3.8) is 0 Å². The number of hydrogen-bond donors (Lipinski definition) is 4. The monoisotopic (exact) mass is 326 g/mol. The van der Waals surface area contributed by atoms with E-state index in [9.17, 15) is 13.7 Å². The maximum absolute atomic E-state index is 11.0. The van der Waals surface area contributed by atoms with E-state index >= 15 is 0 Å². The van der Waals surface area contributed by atoms with Crippen LogP contribution in [0.5, 0.6) is 0 Å². The summed E-state index contributed by atoms with van der Waals surface area (Å²) in [4.78, 5) is 33.8. The highest BCUT2D eigenvalue weighted by atomic mass is 31.3. The van der Waals surface area contributed by atoms with Crippen molar-refractivity contribution >= 4 is 23.9 Å². The Bertz CT molecular complexity index is 410. The molecule has 2 unspecified atom stereocenters. The van der Waals surface area contributed by atoms with E-state index in [1.807, 2.05) is 0 Å². The van der Waals surface area contributed by atoms with Crippen LogP contribution in [0.3, 0.4) is 0 Å². The fourth-order valence-corrected chi connectivity index (χ4v) is 2.54. The van der Waals surface area contributed by atoms with Gasteiger partial charge in [-0.2, -0.15) is 4.31 Å². The molecular formula is C5H13O10P3. The summed E-state index contributed by atoms with van der Waals surface area (Å²) in [5.41, 5.74) is 0.415. The van der Waals surface area contributed by atoms with Gasteiger partial charge >= 0.3 is 23.9 Å². The van der Waals surface area contributed by atoms with Gasteiger partial charge < -0.3 is 24.1 Å². The number of phosphoric acid groups is 2. The third kappa shape index (κ3) is 11.3. The molecule has 2 atom stereocenters. The summed E-state index contributed by atoms with van der Waals surface area (Å²) in [6.07, 6.45) is 1.22. The Kier molecular flexibility index (Phi) is 7.73. The molecule has 0 aliphatic carbocycles. The van der Waals surface area contributed by atoms with Gasteiger partial charge in [0.1, 0.15) is 0 Å². The average molecular weight is 326 g/mol. The minimum absolute atomic E-state index is 0.188. The van der Waals surface area contributed by atoms with Crippen LogP contribution in [0, 0.1) is 0 Å². The van der Waals surface area contributed by atoms with Crippen molar-refractivity contribution < 1.29 is 46.6 Å². The molecule has 0 aliphatic heterocycles. The Hall–Kier alpha value is 0.150. The molecule has 10 nitrogen and oxygen atoms in total. The van der Waals surface area contributed by atoms with Gasteiger partial charge in [0.15, 0.2) is 0 Å². The van der Waals surface area contributed by atoms with Crippen LogP contribution in [0.2, 0.25) is 0 Å². The zero-order valence-electron chi connectivity index (χ0n) is 9.12. The van der Waals surface area contributed by atoms with Gasteiger partial charge in [-0.3, -0.25) is 9.09 Å². The van der Waals surface area contributed by atoms with Crippen LogP contribution >= 0.6 is 23.9 Å². The SMILES string of the molecule is CC(=CCOP(=O)(O)OP(=O)(O)O)CO[PH](=O)O. The summed E-state index contributed by atoms with van der Waals surface area (Å²) in [5.74, 6) is 0. The normalized spacial score (nSPS) is 18.4. The predicted molar refractivity (Wildman–Crippen MR) is 59.8 cm³/mol. The Morgan fingerprint density at radius 1 is 1.33 bits per heavy atom. The Morgan fingerprint density at radius 2 is 1.89 bits per heavy atom. The maximum atomic E-state index is 11.0. The summed E-state index contributed by atoms with van der Waals surface area (Å²) >= 11 is 0. The fraction of sp³-hybridized carbons (Fsp3) is 0.600. The first kappa shape index (κ1) is 18.1. The van der Waals surface area contributed by atoms with Gasteiger partial charge in [0.25, 0.3) is 0 Å². The summed E-state index contributed by atoms with van der Waals surface area (Å²) in [7, 11) is -13.1. The highest BCUT2D eigenvalue weighted by Crippen LogP contribution is 2.57. The van der Waals surface area contributed by atoms with Crippen LogP contribution in [0.15, 0.2) is 11.6 Å². The van der Waals surface area contributed by atoms with Crippen LogP contribution in [0.25, 0.3) is 0 Å². The van der Waals surface area contributed by atoms with E-state index in [0.29, 0.717) is 5.57 Å². The largest absolute Gasteiger partial charge is 0.481 e. The molecule has 108 valence electrons. The fourth-order valence-electron chi connectivity index (χ4n) is 0.666. The Morgan fingerprint density at radius 3 is 2.33 bits per heavy atom. The van der Waals surface area contributed by atoms with E-state index in [1.165, 1.54) is 13.0 Å². The van der Waals surface area contributed by atoms with E-state index in [2.05, 4.69) is 13.4 Å². The lowest BCUT2D eigenvalue weighted by molar-refractivity contribution is 0.190. The standard InChI is InChI=1S/C5H13O10P3/c1-5(4-13-16(6)7)2-3-14-18(11,12)15-17(8,9)10/h2,16H,3-4H2,1H3,(H,6,7)(H,11,12)(H2,8,9,10). The second kappa shape index (κ2) is 7.67. The first-order chi connectivity index (χ1) is 8.02. The van der Waals surface area contributed by atoms with Gasteiger partial charge in [-0.25, -0.2) is 9.13 Å². The third-order valence-electron chi connectivity index (χ3n) is 1.30. The summed E-state index contributed by atoms with van der Waals surface area (Å²) in [6.45, 7) is 0.808. The lowest BCUT2D eigenvalue weighted by Crippen LogP contribution is -1.96. The second-order valence-electron chi connectivity index (χ2n) is 2.94. The zero-order valence-corrected chi connectivity index (χ0v) is 11.9. The van der Waals surface area contributed by atoms with Crippen LogP contribution in [-0.2, 0) is 27.1 Å². The van der Waals surface area contributed by atoms with Gasteiger partial charge in [0.2, 0.25) is 0 Å². The topological polar surface area (TPSA) is 160 Å². The molecule has 18 heavy (non-hydrogen) atoms. The molecule has 0 radical (unpaired) electrons. The highest BCUT2D eigenvalue weighted by molar-refractivity contribution is 7.60. The van der Waals surface area contributed by atoms with Crippen LogP contribution in [0.1, 0.15) is 6.92 Å². The quantitative estimate of drug-likeness (QED) is 0.366. The Labute approximate surface area is 103 Å². The lowest BCUT2D eigenvalue weighted by atomic mass is 10.3. The van der Waals surface area contributed by atoms with E-state index in [-0.39, 0.29) is 6.61 Å². The summed E-state index contributed by atoms with van der Waals surface area (Å²) in [5, 5.41) is 0. The van der Waals surface area contributed by atoms with Gasteiger partial charge in [0.05, 0.1) is 13.2 Å². The van der Waals surface area contributed by atoms with Gasteiger partial charge in [-0.05, 0) is 12.5 Å². The van der Waals surface area contributed by atoms with Crippen molar-refractivity contribution in [2.75, 3.05) is 13.2 Å². The molecule has 0 aromatic heterocycles. The van der Waals surface area contributed by atoms with E-state index < -0.39 is 30.5 Å². The first-order valence-electron chi connectivity index (χ1n) is 4.27. The molecular weight excluding hydrogens is 313 g/mol. The van der Waals surface area contributed by atoms with Gasteiger partial charge in [0, 0.05) is 0 Å². The second-order valence-corrected chi connectivity index (χ2v) is 6.59. The van der Waals surface area contributed by atoms with Crippen molar-refractivity contribution in [3.05, 3.63) is 11.6 Å². The van der Waals surface area contributed by atoms with Gasteiger partial charge in [-0.1, -0.05) is 6.08 Å². The zero-order chi connectivity index (χ0) is 14.4. The molecule has 0 amide bonds. The number of hydrogen-bond acceptors (Lipinski definition) is 6. The van der Waals surface area contributed by atoms with Crippen molar-refractivity contribution in [1.29, 1.82) is 0 Å².